The molecule has 0 amide bonds. The van der Waals surface area contributed by atoms with Crippen molar-refractivity contribution in [3.8, 4) is 0 Å². The van der Waals surface area contributed by atoms with Gasteiger partial charge in [-0.15, -0.1) is 0 Å². The first kappa shape index (κ1) is 16.9. The molecule has 2 aromatic carbocycles. The summed E-state index contributed by atoms with van der Waals surface area (Å²) in [6, 6.07) is 16.7. The summed E-state index contributed by atoms with van der Waals surface area (Å²) in [5.41, 5.74) is 1.29. The van der Waals surface area contributed by atoms with Crippen LogP contribution in [0.15, 0.2) is 79.3 Å². The molecule has 122 valence electrons. The van der Waals surface area contributed by atoms with Crippen LogP contribution >= 0.6 is 31.9 Å². The third kappa shape index (κ3) is 3.94. The number of rotatable bonds is 4. The van der Waals surface area contributed by atoms with E-state index in [4.69, 9.17) is 0 Å². The molecule has 0 aliphatic rings. The number of halogens is 2. The number of hydrogen-bond acceptors (Lipinski definition) is 2. The maximum atomic E-state index is 12.6. The molecule has 0 N–H and O–H groups in total. The second-order valence-electron chi connectivity index (χ2n) is 5.40. The number of hydrogen-bond donors (Lipinski definition) is 0. The van der Waals surface area contributed by atoms with E-state index in [2.05, 4.69) is 31.9 Å². The predicted octanol–water partition coefficient (Wildman–Crippen LogP) is 3.63. The Balaban J connectivity index is 1.92. The van der Waals surface area contributed by atoms with Crippen LogP contribution in [0.5, 0.6) is 0 Å². The Morgan fingerprint density at radius 3 is 1.75 bits per heavy atom. The van der Waals surface area contributed by atoms with Crippen molar-refractivity contribution in [1.29, 1.82) is 0 Å². The van der Waals surface area contributed by atoms with Crippen LogP contribution in [0.4, 0.5) is 0 Å². The van der Waals surface area contributed by atoms with Crippen LogP contribution in [0, 0.1) is 0 Å². The third-order valence-electron chi connectivity index (χ3n) is 3.66. The van der Waals surface area contributed by atoms with Gasteiger partial charge in [-0.05, 0) is 35.4 Å². The van der Waals surface area contributed by atoms with E-state index in [0.717, 1.165) is 20.1 Å². The number of aromatic nitrogens is 2. The van der Waals surface area contributed by atoms with Crippen LogP contribution in [-0.4, -0.2) is 9.13 Å². The van der Waals surface area contributed by atoms with Gasteiger partial charge in [0.1, 0.15) is 0 Å². The highest BCUT2D eigenvalue weighted by molar-refractivity contribution is 9.10. The van der Waals surface area contributed by atoms with Gasteiger partial charge in [-0.2, -0.15) is 0 Å². The van der Waals surface area contributed by atoms with Gasteiger partial charge in [0.15, 0.2) is 0 Å². The lowest BCUT2D eigenvalue weighted by molar-refractivity contribution is 0.612. The van der Waals surface area contributed by atoms with Crippen LogP contribution in [0.3, 0.4) is 0 Å². The topological polar surface area (TPSA) is 44.0 Å². The SMILES string of the molecule is O=c1ccn(Cc2ccc(Br)cc2)c(=O)n1Cc1ccc(Br)cc1. The molecule has 0 bridgehead atoms. The first-order valence-electron chi connectivity index (χ1n) is 7.32. The molecule has 0 spiro atoms. The highest BCUT2D eigenvalue weighted by Crippen LogP contribution is 2.12. The molecule has 1 aromatic heterocycles. The average molecular weight is 450 g/mol. The molecular weight excluding hydrogens is 436 g/mol. The summed E-state index contributed by atoms with van der Waals surface area (Å²) < 4.78 is 4.74. The minimum atomic E-state index is -0.312. The molecule has 0 saturated heterocycles. The van der Waals surface area contributed by atoms with Gasteiger partial charge in [-0.25, -0.2) is 4.79 Å². The molecule has 3 aromatic rings. The van der Waals surface area contributed by atoms with Crippen LogP contribution in [0.1, 0.15) is 11.1 Å². The number of nitrogens with zero attached hydrogens (tertiary/aromatic N) is 2. The fourth-order valence-corrected chi connectivity index (χ4v) is 2.91. The van der Waals surface area contributed by atoms with E-state index < -0.39 is 0 Å². The highest BCUT2D eigenvalue weighted by atomic mass is 79.9. The van der Waals surface area contributed by atoms with Crippen molar-refractivity contribution in [2.75, 3.05) is 0 Å². The van der Waals surface area contributed by atoms with Gasteiger partial charge in [0, 0.05) is 21.2 Å². The second-order valence-corrected chi connectivity index (χ2v) is 7.23. The van der Waals surface area contributed by atoms with E-state index in [-0.39, 0.29) is 17.8 Å². The molecule has 0 aliphatic heterocycles. The molecule has 0 fully saturated rings. The fraction of sp³-hybridized carbons (Fsp3) is 0.111. The minimum Gasteiger partial charge on any atom is -0.296 e. The van der Waals surface area contributed by atoms with Crippen LogP contribution < -0.4 is 11.2 Å². The third-order valence-corrected chi connectivity index (χ3v) is 4.72. The summed E-state index contributed by atoms with van der Waals surface area (Å²) in [6.45, 7) is 0.679. The maximum absolute atomic E-state index is 12.6. The Hall–Kier alpha value is -1.92. The zero-order valence-corrected chi connectivity index (χ0v) is 15.8. The largest absolute Gasteiger partial charge is 0.331 e. The molecule has 0 aliphatic carbocycles. The molecule has 4 nitrogen and oxygen atoms in total. The van der Waals surface area contributed by atoms with Gasteiger partial charge in [-0.1, -0.05) is 56.1 Å². The van der Waals surface area contributed by atoms with Crippen molar-refractivity contribution >= 4 is 31.9 Å². The van der Waals surface area contributed by atoms with Crippen molar-refractivity contribution in [2.24, 2.45) is 0 Å². The standard InChI is InChI=1S/C18H14Br2N2O2/c19-15-5-1-13(2-6-15)11-21-10-9-17(23)22(18(21)24)12-14-3-7-16(20)8-4-14/h1-10H,11-12H2. The molecular formula is C18H14Br2N2O2. The summed E-state index contributed by atoms with van der Waals surface area (Å²) in [5, 5.41) is 0. The Morgan fingerprint density at radius 2 is 1.21 bits per heavy atom. The molecule has 1 heterocycles. The van der Waals surface area contributed by atoms with Gasteiger partial charge >= 0.3 is 5.69 Å². The smallest absolute Gasteiger partial charge is 0.296 e. The van der Waals surface area contributed by atoms with Gasteiger partial charge in [0.2, 0.25) is 0 Å². The molecule has 0 unspecified atom stereocenters. The van der Waals surface area contributed by atoms with Crippen molar-refractivity contribution in [2.45, 2.75) is 13.1 Å². The van der Waals surface area contributed by atoms with Gasteiger partial charge in [-0.3, -0.25) is 13.9 Å². The first-order chi connectivity index (χ1) is 11.5. The van der Waals surface area contributed by atoms with Crippen molar-refractivity contribution < 1.29 is 0 Å². The van der Waals surface area contributed by atoms with E-state index in [9.17, 15) is 9.59 Å². The first-order valence-corrected chi connectivity index (χ1v) is 8.91. The molecule has 24 heavy (non-hydrogen) atoms. The van der Waals surface area contributed by atoms with Crippen molar-refractivity contribution in [3.63, 3.8) is 0 Å². The summed E-state index contributed by atoms with van der Waals surface area (Å²) in [5.74, 6) is 0. The van der Waals surface area contributed by atoms with Gasteiger partial charge in [0.05, 0.1) is 13.1 Å². The van der Waals surface area contributed by atoms with Crippen molar-refractivity contribution in [3.05, 3.63) is 102 Å². The fourth-order valence-electron chi connectivity index (χ4n) is 2.38. The lowest BCUT2D eigenvalue weighted by atomic mass is 10.2. The Bertz CT molecular complexity index is 958. The van der Waals surface area contributed by atoms with Crippen LogP contribution in [0.25, 0.3) is 0 Å². The normalized spacial score (nSPS) is 10.8. The minimum absolute atomic E-state index is 0.256. The molecule has 0 radical (unpaired) electrons. The summed E-state index contributed by atoms with van der Waals surface area (Å²) in [6.07, 6.45) is 1.55. The second kappa shape index (κ2) is 7.32. The monoisotopic (exact) mass is 448 g/mol. The van der Waals surface area contributed by atoms with E-state index in [1.807, 2.05) is 48.5 Å². The van der Waals surface area contributed by atoms with Crippen molar-refractivity contribution in [1.82, 2.24) is 9.13 Å². The summed E-state index contributed by atoms with van der Waals surface area (Å²) in [4.78, 5) is 24.7. The molecule has 6 heteroatoms. The Labute approximate surface area is 155 Å². The van der Waals surface area contributed by atoms with Gasteiger partial charge < -0.3 is 0 Å². The molecule has 3 rings (SSSR count). The zero-order valence-electron chi connectivity index (χ0n) is 12.7. The molecule has 0 saturated carbocycles. The summed E-state index contributed by atoms with van der Waals surface area (Å²) in [7, 11) is 0. The maximum Gasteiger partial charge on any atom is 0.331 e. The predicted molar refractivity (Wildman–Crippen MR) is 101 cm³/mol. The lowest BCUT2D eigenvalue weighted by Crippen LogP contribution is -2.39. The van der Waals surface area contributed by atoms with E-state index in [0.29, 0.717) is 6.54 Å². The van der Waals surface area contributed by atoms with E-state index in [1.54, 1.807) is 10.8 Å². The Kier molecular flexibility index (Phi) is 5.16. The van der Waals surface area contributed by atoms with E-state index in [1.165, 1.54) is 10.6 Å². The lowest BCUT2D eigenvalue weighted by Gasteiger charge is -2.10. The van der Waals surface area contributed by atoms with Gasteiger partial charge in [0.25, 0.3) is 5.56 Å². The molecule has 0 atom stereocenters. The van der Waals surface area contributed by atoms with Crippen LogP contribution in [0.2, 0.25) is 0 Å². The zero-order chi connectivity index (χ0) is 17.1. The average Bonchev–Trinajstić information content (AvgIpc) is 2.58. The van der Waals surface area contributed by atoms with Crippen LogP contribution in [-0.2, 0) is 13.1 Å². The highest BCUT2D eigenvalue weighted by Gasteiger charge is 2.07. The Morgan fingerprint density at radius 1 is 0.708 bits per heavy atom. The number of benzene rings is 2. The van der Waals surface area contributed by atoms with E-state index >= 15 is 0 Å². The quantitative estimate of drug-likeness (QED) is 0.610. The summed E-state index contributed by atoms with van der Waals surface area (Å²) >= 11 is 6.77.